The summed E-state index contributed by atoms with van der Waals surface area (Å²) in [5.74, 6) is 0.697. The first-order valence-corrected chi connectivity index (χ1v) is 7.66. The smallest absolute Gasteiger partial charge is 0.242 e. The first kappa shape index (κ1) is 14.7. The molecular weight excluding hydrogens is 282 g/mol. The van der Waals surface area contributed by atoms with Gasteiger partial charge in [0.2, 0.25) is 15.9 Å². The standard InChI is InChI=1S/C11H17N5O3S/c1-3-12-5-9-4-10(6-13-9)20(17,18)14-7-11-15-8(2)19-16-11/h4,6,12-14H,3,5,7H2,1-2H3. The highest BCUT2D eigenvalue weighted by Gasteiger charge is 2.17. The third-order valence-corrected chi connectivity index (χ3v) is 3.96. The summed E-state index contributed by atoms with van der Waals surface area (Å²) in [6.45, 7) is 5.03. The number of H-pyrrole nitrogens is 1. The lowest BCUT2D eigenvalue weighted by molar-refractivity contribution is 0.387. The van der Waals surface area contributed by atoms with E-state index in [-0.39, 0.29) is 11.4 Å². The van der Waals surface area contributed by atoms with Gasteiger partial charge in [-0.3, -0.25) is 0 Å². The van der Waals surface area contributed by atoms with Crippen molar-refractivity contribution in [3.63, 3.8) is 0 Å². The van der Waals surface area contributed by atoms with Gasteiger partial charge in [0.15, 0.2) is 5.82 Å². The summed E-state index contributed by atoms with van der Waals surface area (Å²) in [4.78, 5) is 7.03. The topological polar surface area (TPSA) is 113 Å². The van der Waals surface area contributed by atoms with Crippen LogP contribution in [-0.2, 0) is 23.1 Å². The number of nitrogens with one attached hydrogen (secondary N) is 3. The van der Waals surface area contributed by atoms with E-state index < -0.39 is 10.0 Å². The van der Waals surface area contributed by atoms with Gasteiger partial charge in [0.05, 0.1) is 11.4 Å². The molecule has 0 unspecified atom stereocenters. The lowest BCUT2D eigenvalue weighted by Crippen LogP contribution is -2.23. The zero-order chi connectivity index (χ0) is 14.6. The maximum absolute atomic E-state index is 12.1. The van der Waals surface area contributed by atoms with Crippen LogP contribution in [0.1, 0.15) is 24.3 Å². The molecule has 0 saturated heterocycles. The second-order valence-electron chi connectivity index (χ2n) is 4.20. The van der Waals surface area contributed by atoms with Crippen molar-refractivity contribution in [1.29, 1.82) is 0 Å². The molecular formula is C11H17N5O3S. The monoisotopic (exact) mass is 299 g/mol. The van der Waals surface area contributed by atoms with E-state index in [4.69, 9.17) is 4.52 Å². The van der Waals surface area contributed by atoms with E-state index in [1.54, 1.807) is 13.0 Å². The average molecular weight is 299 g/mol. The second kappa shape index (κ2) is 6.16. The van der Waals surface area contributed by atoms with Gasteiger partial charge in [-0.25, -0.2) is 13.1 Å². The maximum Gasteiger partial charge on any atom is 0.242 e. The van der Waals surface area contributed by atoms with E-state index in [1.165, 1.54) is 6.20 Å². The van der Waals surface area contributed by atoms with E-state index in [0.29, 0.717) is 18.3 Å². The van der Waals surface area contributed by atoms with Crippen molar-refractivity contribution in [2.75, 3.05) is 6.54 Å². The van der Waals surface area contributed by atoms with Crippen LogP contribution in [-0.4, -0.2) is 30.1 Å². The Morgan fingerprint density at radius 2 is 2.20 bits per heavy atom. The lowest BCUT2D eigenvalue weighted by atomic mass is 10.4. The number of hydrogen-bond acceptors (Lipinski definition) is 6. The molecule has 0 amide bonds. The van der Waals surface area contributed by atoms with Crippen molar-refractivity contribution in [2.24, 2.45) is 0 Å². The zero-order valence-corrected chi connectivity index (χ0v) is 12.1. The average Bonchev–Trinajstić information content (AvgIpc) is 3.03. The van der Waals surface area contributed by atoms with Crippen molar-refractivity contribution in [1.82, 2.24) is 25.2 Å². The van der Waals surface area contributed by atoms with Crippen LogP contribution in [0, 0.1) is 6.92 Å². The van der Waals surface area contributed by atoms with Crippen molar-refractivity contribution < 1.29 is 12.9 Å². The molecule has 0 radical (unpaired) electrons. The Morgan fingerprint density at radius 1 is 1.40 bits per heavy atom. The van der Waals surface area contributed by atoms with E-state index >= 15 is 0 Å². The predicted molar refractivity (Wildman–Crippen MR) is 71.2 cm³/mol. The van der Waals surface area contributed by atoms with Crippen LogP contribution in [0.4, 0.5) is 0 Å². The van der Waals surface area contributed by atoms with Crippen LogP contribution in [0.2, 0.25) is 0 Å². The van der Waals surface area contributed by atoms with E-state index in [0.717, 1.165) is 12.2 Å². The van der Waals surface area contributed by atoms with Crippen LogP contribution in [0.3, 0.4) is 0 Å². The van der Waals surface area contributed by atoms with Crippen LogP contribution < -0.4 is 10.0 Å². The fourth-order valence-electron chi connectivity index (χ4n) is 1.59. The molecule has 0 aromatic carbocycles. The minimum atomic E-state index is -3.58. The SMILES string of the molecule is CCNCc1cc(S(=O)(=O)NCc2noc(C)n2)c[nH]1. The predicted octanol–water partition coefficient (Wildman–Crippen LogP) is 0.294. The van der Waals surface area contributed by atoms with Gasteiger partial charge in [0.25, 0.3) is 0 Å². The third-order valence-electron chi connectivity index (χ3n) is 2.58. The Bertz CT molecular complexity index is 661. The number of hydrogen-bond donors (Lipinski definition) is 3. The molecule has 0 aliphatic carbocycles. The molecule has 0 fully saturated rings. The van der Waals surface area contributed by atoms with Crippen molar-refractivity contribution in [3.05, 3.63) is 29.7 Å². The summed E-state index contributed by atoms with van der Waals surface area (Å²) in [5, 5.41) is 6.74. The van der Waals surface area contributed by atoms with Crippen molar-refractivity contribution in [2.45, 2.75) is 31.8 Å². The summed E-state index contributed by atoms with van der Waals surface area (Å²) in [6.07, 6.45) is 1.45. The molecule has 3 N–H and O–H groups in total. The summed E-state index contributed by atoms with van der Waals surface area (Å²) in [6, 6.07) is 1.59. The third kappa shape index (κ3) is 3.65. The highest BCUT2D eigenvalue weighted by Crippen LogP contribution is 2.11. The zero-order valence-electron chi connectivity index (χ0n) is 11.3. The minimum absolute atomic E-state index is 0.00655. The number of sulfonamides is 1. The van der Waals surface area contributed by atoms with Crippen LogP contribution in [0.5, 0.6) is 0 Å². The molecule has 2 rings (SSSR count). The van der Waals surface area contributed by atoms with Gasteiger partial charge >= 0.3 is 0 Å². The first-order valence-electron chi connectivity index (χ1n) is 6.18. The van der Waals surface area contributed by atoms with Crippen LogP contribution >= 0.6 is 0 Å². The summed E-state index contributed by atoms with van der Waals surface area (Å²) >= 11 is 0. The quantitative estimate of drug-likeness (QED) is 0.677. The first-order chi connectivity index (χ1) is 9.51. The van der Waals surface area contributed by atoms with E-state index in [9.17, 15) is 8.42 Å². The highest BCUT2D eigenvalue weighted by molar-refractivity contribution is 7.89. The molecule has 2 aromatic heterocycles. The molecule has 0 spiro atoms. The largest absolute Gasteiger partial charge is 0.363 e. The number of aromatic amines is 1. The molecule has 9 heteroatoms. The molecule has 2 aromatic rings. The summed E-state index contributed by atoms with van der Waals surface area (Å²) in [5.41, 5.74) is 0.808. The van der Waals surface area contributed by atoms with E-state index in [1.807, 2.05) is 6.92 Å². The Morgan fingerprint density at radius 3 is 2.85 bits per heavy atom. The van der Waals surface area contributed by atoms with Crippen LogP contribution in [0.15, 0.2) is 21.7 Å². The number of aromatic nitrogens is 3. The molecule has 0 bridgehead atoms. The van der Waals surface area contributed by atoms with Gasteiger partial charge in [-0.05, 0) is 12.6 Å². The molecule has 20 heavy (non-hydrogen) atoms. The van der Waals surface area contributed by atoms with Crippen LogP contribution in [0.25, 0.3) is 0 Å². The van der Waals surface area contributed by atoms with Gasteiger partial charge in [-0.15, -0.1) is 0 Å². The minimum Gasteiger partial charge on any atom is -0.363 e. The van der Waals surface area contributed by atoms with Gasteiger partial charge in [-0.2, -0.15) is 4.98 Å². The summed E-state index contributed by atoms with van der Waals surface area (Å²) in [7, 11) is -3.58. The fraction of sp³-hybridized carbons (Fsp3) is 0.455. The van der Waals surface area contributed by atoms with Crippen molar-refractivity contribution >= 4 is 10.0 Å². The highest BCUT2D eigenvalue weighted by atomic mass is 32.2. The molecule has 2 heterocycles. The Balaban J connectivity index is 2.00. The molecule has 110 valence electrons. The Hall–Kier alpha value is -1.71. The second-order valence-corrected chi connectivity index (χ2v) is 5.96. The Kier molecular flexibility index (Phi) is 4.53. The lowest BCUT2D eigenvalue weighted by Gasteiger charge is -2.01. The molecule has 0 aliphatic heterocycles. The molecule has 0 saturated carbocycles. The summed E-state index contributed by atoms with van der Waals surface area (Å²) < 4.78 is 31.3. The number of aryl methyl sites for hydroxylation is 1. The molecule has 0 atom stereocenters. The van der Waals surface area contributed by atoms with Gasteiger partial charge in [0, 0.05) is 25.4 Å². The number of rotatable bonds is 7. The van der Waals surface area contributed by atoms with E-state index in [2.05, 4.69) is 25.2 Å². The van der Waals surface area contributed by atoms with Gasteiger partial charge in [0.1, 0.15) is 0 Å². The maximum atomic E-state index is 12.1. The van der Waals surface area contributed by atoms with Gasteiger partial charge in [-0.1, -0.05) is 12.1 Å². The molecule has 0 aliphatic rings. The Labute approximate surface area is 117 Å². The normalized spacial score (nSPS) is 11.9. The molecule has 8 nitrogen and oxygen atoms in total. The fourth-order valence-corrected chi connectivity index (χ4v) is 2.59. The van der Waals surface area contributed by atoms with Gasteiger partial charge < -0.3 is 14.8 Å². The van der Waals surface area contributed by atoms with Crippen molar-refractivity contribution in [3.8, 4) is 0 Å². The number of nitrogens with zero attached hydrogens (tertiary/aromatic N) is 2.